The van der Waals surface area contributed by atoms with Gasteiger partial charge in [-0.05, 0) is 23.8 Å². The van der Waals surface area contributed by atoms with E-state index in [9.17, 15) is 24.8 Å². The molecule has 0 aromatic heterocycles. The number of halogens is 1. The van der Waals surface area contributed by atoms with Crippen molar-refractivity contribution in [2.24, 2.45) is 5.16 Å². The number of non-ortho nitro benzene ring substituents is 1. The van der Waals surface area contributed by atoms with Gasteiger partial charge in [0.1, 0.15) is 5.75 Å². The van der Waals surface area contributed by atoms with Gasteiger partial charge in [-0.3, -0.25) is 19.7 Å². The van der Waals surface area contributed by atoms with Crippen molar-refractivity contribution in [2.75, 3.05) is 12.4 Å². The van der Waals surface area contributed by atoms with Gasteiger partial charge in [0.15, 0.2) is 0 Å². The average molecular weight is 478 g/mol. The number of anilines is 1. The van der Waals surface area contributed by atoms with Gasteiger partial charge < -0.3 is 20.0 Å². The van der Waals surface area contributed by atoms with Gasteiger partial charge in [0.05, 0.1) is 29.9 Å². The Bertz CT molecular complexity index is 1040. The Morgan fingerprint density at radius 2 is 2.03 bits per heavy atom. The Balaban J connectivity index is 1.89. The van der Waals surface area contributed by atoms with Crippen LogP contribution in [0.25, 0.3) is 0 Å². The molecule has 1 amide bonds. The van der Waals surface area contributed by atoms with Gasteiger partial charge in [-0.25, -0.2) is 0 Å². The summed E-state index contributed by atoms with van der Waals surface area (Å²) in [7, 11) is 1.34. The highest BCUT2D eigenvalue weighted by Gasteiger charge is 2.49. The van der Waals surface area contributed by atoms with E-state index >= 15 is 0 Å². The Morgan fingerprint density at radius 3 is 2.63 bits per heavy atom. The first-order chi connectivity index (χ1) is 14.2. The van der Waals surface area contributed by atoms with E-state index in [2.05, 4.69) is 26.4 Å². The van der Waals surface area contributed by atoms with Crippen LogP contribution in [-0.4, -0.2) is 40.3 Å². The van der Waals surface area contributed by atoms with Crippen molar-refractivity contribution < 1.29 is 29.2 Å². The molecule has 2 aromatic rings. The minimum absolute atomic E-state index is 0.0159. The zero-order valence-corrected chi connectivity index (χ0v) is 17.2. The van der Waals surface area contributed by atoms with Gasteiger partial charge >= 0.3 is 5.97 Å². The summed E-state index contributed by atoms with van der Waals surface area (Å²) >= 11 is 3.33. The number of nitrogens with one attached hydrogen (secondary N) is 1. The first-order valence-corrected chi connectivity index (χ1v) is 9.40. The standard InChI is InChI=1S/C19H16BrN3O7/c1-29-16-7-6-13(23(27)28)8-14(16)21-18(26)19(10-17(24)25)9-15(22-30-19)11-2-4-12(20)5-3-11/h2-8H,9-10H2,1H3,(H,21,26)(H,24,25). The molecule has 0 aliphatic carbocycles. The molecular weight excluding hydrogens is 462 g/mol. The molecule has 1 heterocycles. The van der Waals surface area contributed by atoms with Crippen molar-refractivity contribution in [1.82, 2.24) is 0 Å². The van der Waals surface area contributed by atoms with Gasteiger partial charge in [-0.2, -0.15) is 0 Å². The molecule has 0 spiro atoms. The third-order valence-corrected chi connectivity index (χ3v) is 4.98. The molecule has 0 saturated carbocycles. The molecule has 0 fully saturated rings. The molecule has 1 aliphatic heterocycles. The number of carbonyl (C=O) groups is 2. The fourth-order valence-corrected chi connectivity index (χ4v) is 3.22. The number of nitro benzene ring substituents is 1. The second-order valence-electron chi connectivity index (χ2n) is 6.47. The molecule has 156 valence electrons. The number of nitrogens with zero attached hydrogens (tertiary/aromatic N) is 2. The fraction of sp³-hybridized carbons (Fsp3) is 0.211. The van der Waals surface area contributed by atoms with Crippen LogP contribution in [0.4, 0.5) is 11.4 Å². The van der Waals surface area contributed by atoms with Crippen LogP contribution in [0.2, 0.25) is 0 Å². The van der Waals surface area contributed by atoms with E-state index in [1.807, 2.05) is 0 Å². The normalized spacial score (nSPS) is 17.6. The first kappa shape index (κ1) is 21.2. The number of benzene rings is 2. The Labute approximate surface area is 178 Å². The summed E-state index contributed by atoms with van der Waals surface area (Å²) in [5, 5.41) is 26.8. The highest BCUT2D eigenvalue weighted by molar-refractivity contribution is 9.10. The number of nitro groups is 1. The van der Waals surface area contributed by atoms with E-state index in [0.717, 1.165) is 10.5 Å². The molecule has 2 aromatic carbocycles. The van der Waals surface area contributed by atoms with Crippen LogP contribution in [0.5, 0.6) is 5.75 Å². The largest absolute Gasteiger partial charge is 0.495 e. The molecule has 11 heteroatoms. The Hall–Kier alpha value is -3.47. The SMILES string of the molecule is COc1ccc([N+](=O)[O-])cc1NC(=O)C1(CC(=O)O)CC(c2ccc(Br)cc2)=NO1. The van der Waals surface area contributed by atoms with Crippen molar-refractivity contribution in [3.8, 4) is 5.75 Å². The van der Waals surface area contributed by atoms with Crippen molar-refractivity contribution in [1.29, 1.82) is 0 Å². The molecule has 0 bridgehead atoms. The third kappa shape index (κ3) is 4.40. The second-order valence-corrected chi connectivity index (χ2v) is 7.39. The number of methoxy groups -OCH3 is 1. The van der Waals surface area contributed by atoms with Crippen molar-refractivity contribution >= 4 is 44.9 Å². The van der Waals surface area contributed by atoms with Crippen LogP contribution >= 0.6 is 15.9 Å². The monoisotopic (exact) mass is 477 g/mol. The molecule has 0 saturated heterocycles. The summed E-state index contributed by atoms with van der Waals surface area (Å²) in [6.07, 6.45) is -0.746. The van der Waals surface area contributed by atoms with Gasteiger partial charge in [0.2, 0.25) is 5.60 Å². The van der Waals surface area contributed by atoms with Crippen LogP contribution in [0.3, 0.4) is 0 Å². The van der Waals surface area contributed by atoms with Gasteiger partial charge in [-0.15, -0.1) is 0 Å². The molecule has 1 unspecified atom stereocenters. The predicted octanol–water partition coefficient (Wildman–Crippen LogP) is 3.34. The number of amides is 1. The minimum Gasteiger partial charge on any atom is -0.495 e. The van der Waals surface area contributed by atoms with Crippen LogP contribution in [0, 0.1) is 10.1 Å². The average Bonchev–Trinajstić information content (AvgIpc) is 3.13. The van der Waals surface area contributed by atoms with Crippen LogP contribution < -0.4 is 10.1 Å². The number of aliphatic carboxylic acids is 1. The number of carboxylic acid groups (broad SMARTS) is 1. The van der Waals surface area contributed by atoms with Crippen LogP contribution in [0.15, 0.2) is 52.1 Å². The second kappa shape index (κ2) is 8.49. The predicted molar refractivity (Wildman–Crippen MR) is 110 cm³/mol. The van der Waals surface area contributed by atoms with E-state index in [1.165, 1.54) is 19.2 Å². The molecule has 30 heavy (non-hydrogen) atoms. The first-order valence-electron chi connectivity index (χ1n) is 8.61. The van der Waals surface area contributed by atoms with Gasteiger partial charge in [0, 0.05) is 23.0 Å². The molecule has 0 radical (unpaired) electrons. The molecule has 10 nitrogen and oxygen atoms in total. The lowest BCUT2D eigenvalue weighted by Crippen LogP contribution is -2.45. The fourth-order valence-electron chi connectivity index (χ4n) is 2.96. The Morgan fingerprint density at radius 1 is 1.33 bits per heavy atom. The molecule has 1 aliphatic rings. The number of hydrogen-bond donors (Lipinski definition) is 2. The third-order valence-electron chi connectivity index (χ3n) is 4.45. The number of carbonyl (C=O) groups excluding carboxylic acids is 1. The van der Waals surface area contributed by atoms with Crippen LogP contribution in [0.1, 0.15) is 18.4 Å². The summed E-state index contributed by atoms with van der Waals surface area (Å²) in [5.74, 6) is -1.89. The maximum atomic E-state index is 13.0. The quantitative estimate of drug-likeness (QED) is 0.459. The van der Waals surface area contributed by atoms with E-state index in [-0.39, 0.29) is 23.5 Å². The molecule has 3 rings (SSSR count). The highest BCUT2D eigenvalue weighted by Crippen LogP contribution is 2.35. The van der Waals surface area contributed by atoms with Gasteiger partial charge in [-0.1, -0.05) is 33.2 Å². The zero-order valence-electron chi connectivity index (χ0n) is 15.6. The number of rotatable bonds is 7. The molecule has 1 atom stereocenters. The molecule has 2 N–H and O–H groups in total. The van der Waals surface area contributed by atoms with E-state index in [0.29, 0.717) is 11.3 Å². The minimum atomic E-state index is -1.82. The number of ether oxygens (including phenoxy) is 1. The van der Waals surface area contributed by atoms with E-state index in [1.54, 1.807) is 24.3 Å². The zero-order chi connectivity index (χ0) is 21.9. The highest BCUT2D eigenvalue weighted by atomic mass is 79.9. The maximum absolute atomic E-state index is 13.0. The van der Waals surface area contributed by atoms with E-state index < -0.39 is 28.8 Å². The molecular formula is C19H16BrN3O7. The summed E-state index contributed by atoms with van der Waals surface area (Å²) < 4.78 is 5.98. The van der Waals surface area contributed by atoms with Crippen LogP contribution in [-0.2, 0) is 14.4 Å². The lowest BCUT2D eigenvalue weighted by atomic mass is 9.90. The van der Waals surface area contributed by atoms with Crippen molar-refractivity contribution in [2.45, 2.75) is 18.4 Å². The lowest BCUT2D eigenvalue weighted by molar-refractivity contribution is -0.384. The topological polar surface area (TPSA) is 140 Å². The number of oxime groups is 1. The maximum Gasteiger partial charge on any atom is 0.308 e. The van der Waals surface area contributed by atoms with Gasteiger partial charge in [0.25, 0.3) is 11.6 Å². The number of hydrogen-bond acceptors (Lipinski definition) is 7. The van der Waals surface area contributed by atoms with Crippen molar-refractivity contribution in [3.63, 3.8) is 0 Å². The summed E-state index contributed by atoms with van der Waals surface area (Å²) in [6.45, 7) is 0. The Kier molecular flexibility index (Phi) is 6.01. The summed E-state index contributed by atoms with van der Waals surface area (Å²) in [6, 6.07) is 10.7. The van der Waals surface area contributed by atoms with Crippen molar-refractivity contribution in [3.05, 3.63) is 62.6 Å². The summed E-state index contributed by atoms with van der Waals surface area (Å²) in [5.41, 5.74) is -0.986. The van der Waals surface area contributed by atoms with E-state index in [4.69, 9.17) is 9.57 Å². The smallest absolute Gasteiger partial charge is 0.308 e. The lowest BCUT2D eigenvalue weighted by Gasteiger charge is -2.24. The summed E-state index contributed by atoms with van der Waals surface area (Å²) in [4.78, 5) is 40.3. The number of carboxylic acids is 1.